The maximum atomic E-state index is 12.2. The Kier molecular flexibility index (Phi) is 7.62. The van der Waals surface area contributed by atoms with Crippen LogP contribution in [-0.2, 0) is 20.9 Å². The molecule has 0 N–H and O–H groups in total. The van der Waals surface area contributed by atoms with Crippen molar-refractivity contribution in [1.29, 1.82) is 0 Å². The Hall–Kier alpha value is -3.08. The van der Waals surface area contributed by atoms with Gasteiger partial charge in [-0.1, -0.05) is 42.5 Å². The zero-order valence-electron chi connectivity index (χ0n) is 16.0. The lowest BCUT2D eigenvalue weighted by Gasteiger charge is -2.18. The summed E-state index contributed by atoms with van der Waals surface area (Å²) in [5.74, 6) is -0.133. The van der Waals surface area contributed by atoms with Gasteiger partial charge in [0.2, 0.25) is 0 Å². The minimum absolute atomic E-state index is 0.255. The Balaban J connectivity index is 1.86. The maximum Gasteiger partial charge on any atom is 0.331 e. The number of hydrogen-bond donors (Lipinski definition) is 0. The molecular formula is C22H25NO4. The van der Waals surface area contributed by atoms with Crippen molar-refractivity contribution in [2.24, 2.45) is 0 Å². The highest BCUT2D eigenvalue weighted by Gasteiger charge is 2.12. The van der Waals surface area contributed by atoms with E-state index in [0.29, 0.717) is 18.9 Å². The molecule has 2 aromatic rings. The molecule has 0 unspecified atom stereocenters. The number of nitrogens with zero attached hydrogens (tertiary/aromatic N) is 1. The quantitative estimate of drug-likeness (QED) is 0.528. The largest absolute Gasteiger partial charge is 0.493 e. The van der Waals surface area contributed by atoms with Crippen LogP contribution in [0.3, 0.4) is 0 Å². The Labute approximate surface area is 160 Å². The van der Waals surface area contributed by atoms with Gasteiger partial charge in [0.05, 0.1) is 6.61 Å². The fraction of sp³-hybridized carbons (Fsp3) is 0.273. The number of amides is 1. The molecule has 0 aliphatic heterocycles. The second kappa shape index (κ2) is 10.2. The summed E-state index contributed by atoms with van der Waals surface area (Å²) in [6.45, 7) is 4.61. The van der Waals surface area contributed by atoms with Gasteiger partial charge in [-0.25, -0.2) is 4.79 Å². The van der Waals surface area contributed by atoms with E-state index in [1.165, 1.54) is 6.08 Å². The van der Waals surface area contributed by atoms with Crippen LogP contribution in [-0.4, -0.2) is 37.0 Å². The fourth-order valence-electron chi connectivity index (χ4n) is 2.49. The average molecular weight is 367 g/mol. The number of rotatable bonds is 8. The molecule has 0 saturated carbocycles. The predicted octanol–water partition coefficient (Wildman–Crippen LogP) is 3.61. The summed E-state index contributed by atoms with van der Waals surface area (Å²) in [7, 11) is 1.69. The molecule has 0 aliphatic rings. The first-order valence-corrected chi connectivity index (χ1v) is 8.86. The number of hydrogen-bond acceptors (Lipinski definition) is 4. The summed E-state index contributed by atoms with van der Waals surface area (Å²) < 4.78 is 10.6. The minimum atomic E-state index is -0.570. The van der Waals surface area contributed by atoms with Crippen molar-refractivity contribution in [3.63, 3.8) is 0 Å². The molecule has 0 aliphatic carbocycles. The van der Waals surface area contributed by atoms with E-state index in [1.807, 2.05) is 62.4 Å². The lowest BCUT2D eigenvalue weighted by Crippen LogP contribution is -2.30. The van der Waals surface area contributed by atoms with E-state index >= 15 is 0 Å². The lowest BCUT2D eigenvalue weighted by atomic mass is 10.1. The fourth-order valence-corrected chi connectivity index (χ4v) is 2.49. The van der Waals surface area contributed by atoms with E-state index in [0.717, 1.165) is 16.7 Å². The van der Waals surface area contributed by atoms with Crippen molar-refractivity contribution in [2.75, 3.05) is 20.3 Å². The summed E-state index contributed by atoms with van der Waals surface area (Å²) in [6, 6.07) is 15.3. The molecular weight excluding hydrogens is 342 g/mol. The summed E-state index contributed by atoms with van der Waals surface area (Å²) in [5.41, 5.74) is 2.96. The number of carbonyl (C=O) groups excluding carboxylic acids is 2. The smallest absolute Gasteiger partial charge is 0.331 e. The van der Waals surface area contributed by atoms with Gasteiger partial charge in [0.25, 0.3) is 5.91 Å². The van der Waals surface area contributed by atoms with Gasteiger partial charge in [-0.2, -0.15) is 0 Å². The van der Waals surface area contributed by atoms with Crippen LogP contribution in [0.15, 0.2) is 54.6 Å². The van der Waals surface area contributed by atoms with Crippen LogP contribution in [0.25, 0.3) is 6.08 Å². The third-order valence-electron chi connectivity index (χ3n) is 4.05. The molecule has 0 saturated heterocycles. The number of carbonyl (C=O) groups is 2. The predicted molar refractivity (Wildman–Crippen MR) is 105 cm³/mol. The third kappa shape index (κ3) is 6.29. The van der Waals surface area contributed by atoms with Crippen LogP contribution >= 0.6 is 0 Å². The van der Waals surface area contributed by atoms with E-state index < -0.39 is 5.97 Å². The Morgan fingerprint density at radius 1 is 1.07 bits per heavy atom. The van der Waals surface area contributed by atoms with Crippen LogP contribution in [0.4, 0.5) is 0 Å². The topological polar surface area (TPSA) is 55.8 Å². The minimum Gasteiger partial charge on any atom is -0.493 e. The van der Waals surface area contributed by atoms with Gasteiger partial charge in [-0.3, -0.25) is 4.79 Å². The SMILES string of the molecule is CCOc1ccccc1/C=C/C(=O)OCC(=O)N(C)Cc1ccccc1C. The van der Waals surface area contributed by atoms with Crippen molar-refractivity contribution in [2.45, 2.75) is 20.4 Å². The zero-order chi connectivity index (χ0) is 19.6. The Bertz CT molecular complexity index is 813. The second-order valence-electron chi connectivity index (χ2n) is 6.09. The standard InChI is InChI=1S/C22H25NO4/c1-4-26-20-12-8-7-10-18(20)13-14-22(25)27-16-21(24)23(3)15-19-11-6-5-9-17(19)2/h5-14H,4,15-16H2,1-3H3/b14-13+. The Morgan fingerprint density at radius 2 is 1.78 bits per heavy atom. The summed E-state index contributed by atoms with van der Waals surface area (Å²) >= 11 is 0. The maximum absolute atomic E-state index is 12.2. The van der Waals surface area contributed by atoms with Crippen molar-refractivity contribution in [3.8, 4) is 5.75 Å². The van der Waals surface area contributed by atoms with Gasteiger partial charge < -0.3 is 14.4 Å². The highest BCUT2D eigenvalue weighted by Crippen LogP contribution is 2.19. The molecule has 0 fully saturated rings. The average Bonchev–Trinajstić information content (AvgIpc) is 2.67. The molecule has 27 heavy (non-hydrogen) atoms. The molecule has 2 rings (SSSR count). The third-order valence-corrected chi connectivity index (χ3v) is 4.05. The van der Waals surface area contributed by atoms with Crippen LogP contribution in [0.1, 0.15) is 23.6 Å². The molecule has 142 valence electrons. The van der Waals surface area contributed by atoms with Crippen LogP contribution in [0.2, 0.25) is 0 Å². The van der Waals surface area contributed by atoms with Crippen LogP contribution < -0.4 is 4.74 Å². The molecule has 0 atom stereocenters. The van der Waals surface area contributed by atoms with Crippen molar-refractivity contribution in [1.82, 2.24) is 4.90 Å². The number of benzene rings is 2. The van der Waals surface area contributed by atoms with Gasteiger partial charge in [-0.15, -0.1) is 0 Å². The van der Waals surface area contributed by atoms with Gasteiger partial charge in [0.15, 0.2) is 6.61 Å². The molecule has 2 aromatic carbocycles. The number of likely N-dealkylation sites (N-methyl/N-ethyl adjacent to an activating group) is 1. The Morgan fingerprint density at radius 3 is 2.52 bits per heavy atom. The van der Waals surface area contributed by atoms with Gasteiger partial charge >= 0.3 is 5.97 Å². The molecule has 0 radical (unpaired) electrons. The first-order valence-electron chi connectivity index (χ1n) is 8.86. The first-order chi connectivity index (χ1) is 13.0. The van der Waals surface area contributed by atoms with Crippen LogP contribution in [0, 0.1) is 6.92 Å². The number of aryl methyl sites for hydroxylation is 1. The summed E-state index contributed by atoms with van der Waals surface area (Å²) in [6.07, 6.45) is 2.92. The highest BCUT2D eigenvalue weighted by molar-refractivity contribution is 5.89. The molecule has 5 nitrogen and oxygen atoms in total. The van der Waals surface area contributed by atoms with Crippen molar-refractivity contribution >= 4 is 18.0 Å². The summed E-state index contributed by atoms with van der Waals surface area (Å²) in [4.78, 5) is 25.6. The zero-order valence-corrected chi connectivity index (χ0v) is 16.0. The van der Waals surface area contributed by atoms with E-state index in [9.17, 15) is 9.59 Å². The molecule has 5 heteroatoms. The van der Waals surface area contributed by atoms with Crippen LogP contribution in [0.5, 0.6) is 5.75 Å². The highest BCUT2D eigenvalue weighted by atomic mass is 16.5. The van der Waals surface area contributed by atoms with E-state index in [4.69, 9.17) is 9.47 Å². The lowest BCUT2D eigenvalue weighted by molar-refractivity contribution is -0.147. The van der Waals surface area contributed by atoms with Gasteiger partial charge in [0.1, 0.15) is 5.75 Å². The monoisotopic (exact) mass is 367 g/mol. The van der Waals surface area contributed by atoms with E-state index in [1.54, 1.807) is 18.0 Å². The molecule has 0 heterocycles. The van der Waals surface area contributed by atoms with Crippen molar-refractivity contribution < 1.29 is 19.1 Å². The molecule has 0 bridgehead atoms. The van der Waals surface area contributed by atoms with Gasteiger partial charge in [-0.05, 0) is 37.1 Å². The summed E-state index contributed by atoms with van der Waals surface area (Å²) in [5, 5.41) is 0. The number of para-hydroxylation sites is 1. The molecule has 0 spiro atoms. The normalized spacial score (nSPS) is 10.6. The molecule has 1 amide bonds. The van der Waals surface area contributed by atoms with Crippen molar-refractivity contribution in [3.05, 3.63) is 71.3 Å². The molecule has 0 aromatic heterocycles. The number of esters is 1. The number of ether oxygens (including phenoxy) is 2. The van der Waals surface area contributed by atoms with E-state index in [-0.39, 0.29) is 12.5 Å². The van der Waals surface area contributed by atoms with E-state index in [2.05, 4.69) is 0 Å². The van der Waals surface area contributed by atoms with Gasteiger partial charge in [0, 0.05) is 25.2 Å². The first kappa shape index (κ1) is 20.2. The second-order valence-corrected chi connectivity index (χ2v) is 6.09.